The van der Waals surface area contributed by atoms with Crippen molar-refractivity contribution in [1.29, 1.82) is 0 Å². The van der Waals surface area contributed by atoms with Crippen LogP contribution in [0.3, 0.4) is 0 Å². The molecule has 3 aromatic carbocycles. The van der Waals surface area contributed by atoms with Crippen LogP contribution in [-0.2, 0) is 16.0 Å². The molecule has 0 aliphatic carbocycles. The number of ether oxygens (including phenoxy) is 1. The van der Waals surface area contributed by atoms with E-state index >= 15 is 0 Å². The van der Waals surface area contributed by atoms with Gasteiger partial charge in [0.05, 0.1) is 19.3 Å². The summed E-state index contributed by atoms with van der Waals surface area (Å²) in [6, 6.07) is 25.2. The molecule has 1 aliphatic rings. The summed E-state index contributed by atoms with van der Waals surface area (Å²) < 4.78 is 5.56. The van der Waals surface area contributed by atoms with Gasteiger partial charge in [-0.2, -0.15) is 0 Å². The maximum absolute atomic E-state index is 12.5. The molecule has 29 heavy (non-hydrogen) atoms. The summed E-state index contributed by atoms with van der Waals surface area (Å²) in [5, 5.41) is 5.68. The molecule has 0 saturated carbocycles. The van der Waals surface area contributed by atoms with Crippen LogP contribution in [-0.4, -0.2) is 43.7 Å². The van der Waals surface area contributed by atoms with Gasteiger partial charge in [-0.15, -0.1) is 0 Å². The number of hydrogen-bond acceptors (Lipinski definition) is 3. The summed E-state index contributed by atoms with van der Waals surface area (Å²) in [4.78, 5) is 15.0. The number of fused-ring (bicyclic) bond motifs is 1. The standard InChI is InChI=1S/C25H28N2O2/c28-25(14-13-20-7-2-1-3-8-20)26-19-24(27-15-17-29-18-16-27)23-12-6-10-21-9-4-5-11-22(21)23/h1-12,24H,13-19H2,(H,26,28)/t24-/m1/s1. The third kappa shape index (κ3) is 5.03. The molecule has 0 aromatic heterocycles. The van der Waals surface area contributed by atoms with E-state index < -0.39 is 0 Å². The van der Waals surface area contributed by atoms with Crippen molar-refractivity contribution in [3.8, 4) is 0 Å². The van der Waals surface area contributed by atoms with E-state index in [2.05, 4.69) is 64.8 Å². The van der Waals surface area contributed by atoms with Gasteiger partial charge in [0.25, 0.3) is 0 Å². The van der Waals surface area contributed by atoms with E-state index in [-0.39, 0.29) is 11.9 Å². The van der Waals surface area contributed by atoms with E-state index in [1.54, 1.807) is 0 Å². The highest BCUT2D eigenvalue weighted by molar-refractivity contribution is 5.86. The largest absolute Gasteiger partial charge is 0.379 e. The van der Waals surface area contributed by atoms with E-state index in [9.17, 15) is 4.79 Å². The first kappa shape index (κ1) is 19.6. The highest BCUT2D eigenvalue weighted by Crippen LogP contribution is 2.28. The average molecular weight is 389 g/mol. The first-order valence-electron chi connectivity index (χ1n) is 10.4. The fourth-order valence-electron chi connectivity index (χ4n) is 4.07. The number of benzene rings is 3. The summed E-state index contributed by atoms with van der Waals surface area (Å²) >= 11 is 0. The average Bonchev–Trinajstić information content (AvgIpc) is 2.79. The minimum absolute atomic E-state index is 0.104. The molecule has 1 amide bonds. The van der Waals surface area contributed by atoms with E-state index in [1.165, 1.54) is 21.9 Å². The van der Waals surface area contributed by atoms with Gasteiger partial charge in [-0.25, -0.2) is 0 Å². The Kier molecular flexibility index (Phi) is 6.55. The quantitative estimate of drug-likeness (QED) is 0.666. The monoisotopic (exact) mass is 388 g/mol. The van der Waals surface area contributed by atoms with Crippen LogP contribution in [0.4, 0.5) is 0 Å². The van der Waals surface area contributed by atoms with Crippen LogP contribution < -0.4 is 5.32 Å². The van der Waals surface area contributed by atoms with Crippen molar-refractivity contribution in [2.45, 2.75) is 18.9 Å². The van der Waals surface area contributed by atoms with E-state index in [1.807, 2.05) is 18.2 Å². The highest BCUT2D eigenvalue weighted by Gasteiger charge is 2.24. The molecule has 4 nitrogen and oxygen atoms in total. The number of aryl methyl sites for hydroxylation is 1. The lowest BCUT2D eigenvalue weighted by molar-refractivity contribution is -0.121. The molecule has 1 N–H and O–H groups in total. The van der Waals surface area contributed by atoms with Crippen molar-refractivity contribution in [3.63, 3.8) is 0 Å². The molecule has 0 radical (unpaired) electrons. The number of hydrogen-bond donors (Lipinski definition) is 1. The number of rotatable bonds is 7. The fourth-order valence-corrected chi connectivity index (χ4v) is 4.07. The zero-order valence-corrected chi connectivity index (χ0v) is 16.7. The summed E-state index contributed by atoms with van der Waals surface area (Å²) in [7, 11) is 0. The van der Waals surface area contributed by atoms with Crippen LogP contribution in [0.15, 0.2) is 72.8 Å². The zero-order valence-electron chi connectivity index (χ0n) is 16.7. The third-order valence-corrected chi connectivity index (χ3v) is 5.64. The fraction of sp³-hybridized carbons (Fsp3) is 0.320. The minimum Gasteiger partial charge on any atom is -0.379 e. The SMILES string of the molecule is O=C(CCc1ccccc1)NC[C@H](c1cccc2ccccc12)N1CCOCC1. The molecule has 1 fully saturated rings. The first-order chi connectivity index (χ1) is 14.3. The van der Waals surface area contributed by atoms with Gasteiger partial charge in [0.2, 0.25) is 5.91 Å². The van der Waals surface area contributed by atoms with Crippen LogP contribution in [0.1, 0.15) is 23.6 Å². The lowest BCUT2D eigenvalue weighted by Crippen LogP contribution is -2.44. The normalized spacial score (nSPS) is 15.9. The van der Waals surface area contributed by atoms with Crippen molar-refractivity contribution in [1.82, 2.24) is 10.2 Å². The van der Waals surface area contributed by atoms with Gasteiger partial charge < -0.3 is 10.1 Å². The van der Waals surface area contributed by atoms with Crippen LogP contribution in [0.2, 0.25) is 0 Å². The second kappa shape index (κ2) is 9.68. The highest BCUT2D eigenvalue weighted by atomic mass is 16.5. The molecule has 3 aromatic rings. The topological polar surface area (TPSA) is 41.6 Å². The maximum atomic E-state index is 12.5. The lowest BCUT2D eigenvalue weighted by atomic mass is 9.97. The molecule has 0 spiro atoms. The lowest BCUT2D eigenvalue weighted by Gasteiger charge is -2.35. The Morgan fingerprint density at radius 3 is 2.48 bits per heavy atom. The van der Waals surface area contributed by atoms with Crippen molar-refractivity contribution in [3.05, 3.63) is 83.9 Å². The summed E-state index contributed by atoms with van der Waals surface area (Å²) in [5.74, 6) is 0.104. The smallest absolute Gasteiger partial charge is 0.220 e. The molecule has 1 aliphatic heterocycles. The predicted molar refractivity (Wildman–Crippen MR) is 117 cm³/mol. The molecule has 150 valence electrons. The van der Waals surface area contributed by atoms with E-state index in [4.69, 9.17) is 4.74 Å². The molecular formula is C25H28N2O2. The van der Waals surface area contributed by atoms with Gasteiger partial charge in [-0.3, -0.25) is 9.69 Å². The number of nitrogens with zero attached hydrogens (tertiary/aromatic N) is 1. The molecule has 0 unspecified atom stereocenters. The molecule has 1 atom stereocenters. The first-order valence-corrected chi connectivity index (χ1v) is 10.4. The molecule has 4 rings (SSSR count). The Morgan fingerprint density at radius 1 is 0.931 bits per heavy atom. The summed E-state index contributed by atoms with van der Waals surface area (Å²) in [6.45, 7) is 3.86. The number of carbonyl (C=O) groups excluding carboxylic acids is 1. The van der Waals surface area contributed by atoms with Gasteiger partial charge >= 0.3 is 0 Å². The second-order valence-corrected chi connectivity index (χ2v) is 7.52. The predicted octanol–water partition coefficient (Wildman–Crippen LogP) is 3.96. The second-order valence-electron chi connectivity index (χ2n) is 7.52. The molecule has 1 heterocycles. The van der Waals surface area contributed by atoms with Gasteiger partial charge in [-0.1, -0.05) is 72.8 Å². The summed E-state index contributed by atoms with van der Waals surface area (Å²) in [6.07, 6.45) is 1.28. The van der Waals surface area contributed by atoms with Crippen molar-refractivity contribution < 1.29 is 9.53 Å². The van der Waals surface area contributed by atoms with Crippen molar-refractivity contribution >= 4 is 16.7 Å². The zero-order chi connectivity index (χ0) is 19.9. The Hall–Kier alpha value is -2.69. The summed E-state index contributed by atoms with van der Waals surface area (Å²) in [5.41, 5.74) is 2.47. The van der Waals surface area contributed by atoms with Gasteiger partial charge in [-0.05, 0) is 28.3 Å². The number of morpholine rings is 1. The molecule has 4 heteroatoms. The Morgan fingerprint density at radius 2 is 1.66 bits per heavy atom. The molecule has 0 bridgehead atoms. The van der Waals surface area contributed by atoms with Gasteiger partial charge in [0.15, 0.2) is 0 Å². The van der Waals surface area contributed by atoms with Crippen LogP contribution >= 0.6 is 0 Å². The van der Waals surface area contributed by atoms with Gasteiger partial charge in [0, 0.05) is 26.1 Å². The van der Waals surface area contributed by atoms with Crippen molar-refractivity contribution in [2.75, 3.05) is 32.8 Å². The number of amides is 1. The van der Waals surface area contributed by atoms with Crippen LogP contribution in [0.25, 0.3) is 10.8 Å². The van der Waals surface area contributed by atoms with E-state index in [0.29, 0.717) is 13.0 Å². The molecule has 1 saturated heterocycles. The van der Waals surface area contributed by atoms with E-state index in [0.717, 1.165) is 32.7 Å². The number of carbonyl (C=O) groups is 1. The Bertz CT molecular complexity index is 930. The Balaban J connectivity index is 1.48. The minimum atomic E-state index is 0.104. The maximum Gasteiger partial charge on any atom is 0.220 e. The molecular weight excluding hydrogens is 360 g/mol. The third-order valence-electron chi connectivity index (χ3n) is 5.64. The van der Waals surface area contributed by atoms with Crippen LogP contribution in [0, 0.1) is 0 Å². The number of nitrogens with one attached hydrogen (secondary N) is 1. The van der Waals surface area contributed by atoms with Crippen LogP contribution in [0.5, 0.6) is 0 Å². The van der Waals surface area contributed by atoms with Gasteiger partial charge in [0.1, 0.15) is 0 Å². The van der Waals surface area contributed by atoms with Crippen molar-refractivity contribution in [2.24, 2.45) is 0 Å². The Labute approximate surface area is 172 Å².